The SMILES string of the molecule is CCC1CC(C)CC1=C=CC1CC(CC)C2(C)CC2C1. The largest absolute Gasteiger partial charge is 0.125 e. The van der Waals surface area contributed by atoms with E-state index in [1.165, 1.54) is 44.9 Å². The second kappa shape index (κ2) is 5.38. The van der Waals surface area contributed by atoms with Crippen molar-refractivity contribution in [1.82, 2.24) is 0 Å². The molecular formula is C20H32. The Hall–Kier alpha value is -0.480. The molecule has 0 aliphatic heterocycles. The Bertz CT molecular complexity index is 425. The molecule has 0 heterocycles. The first-order chi connectivity index (χ1) is 9.56. The summed E-state index contributed by atoms with van der Waals surface area (Å²) in [6.07, 6.45) is 12.2. The average Bonchev–Trinajstić information content (AvgIpc) is 2.97. The zero-order valence-electron chi connectivity index (χ0n) is 13.9. The topological polar surface area (TPSA) is 0 Å². The van der Waals surface area contributed by atoms with Gasteiger partial charge in [-0.3, -0.25) is 0 Å². The lowest BCUT2D eigenvalue weighted by Gasteiger charge is -2.32. The van der Waals surface area contributed by atoms with Crippen LogP contribution in [0.15, 0.2) is 17.4 Å². The van der Waals surface area contributed by atoms with Crippen LogP contribution in [-0.2, 0) is 0 Å². The van der Waals surface area contributed by atoms with Crippen LogP contribution in [0, 0.1) is 35.0 Å². The van der Waals surface area contributed by atoms with E-state index in [2.05, 4.69) is 39.5 Å². The third kappa shape index (κ3) is 2.52. The van der Waals surface area contributed by atoms with E-state index in [-0.39, 0.29) is 0 Å². The molecule has 0 N–H and O–H groups in total. The fourth-order valence-corrected chi connectivity index (χ4v) is 5.26. The summed E-state index contributed by atoms with van der Waals surface area (Å²) in [5.74, 6) is 4.54. The molecule has 3 aliphatic rings. The third-order valence-corrected chi connectivity index (χ3v) is 6.80. The molecule has 112 valence electrons. The van der Waals surface area contributed by atoms with Crippen molar-refractivity contribution < 1.29 is 0 Å². The highest BCUT2D eigenvalue weighted by Gasteiger charge is 2.57. The van der Waals surface area contributed by atoms with E-state index in [0.29, 0.717) is 0 Å². The van der Waals surface area contributed by atoms with Gasteiger partial charge in [0.1, 0.15) is 0 Å². The molecule has 6 unspecified atom stereocenters. The molecule has 3 rings (SSSR count). The van der Waals surface area contributed by atoms with Gasteiger partial charge in [0.05, 0.1) is 0 Å². The lowest BCUT2D eigenvalue weighted by molar-refractivity contribution is 0.196. The molecule has 3 aliphatic carbocycles. The maximum Gasteiger partial charge on any atom is -0.0127 e. The first kappa shape index (κ1) is 14.5. The molecule has 0 heteroatoms. The zero-order valence-corrected chi connectivity index (χ0v) is 13.9. The van der Waals surface area contributed by atoms with Crippen molar-refractivity contribution in [2.45, 2.75) is 72.6 Å². The quantitative estimate of drug-likeness (QED) is 0.554. The Morgan fingerprint density at radius 2 is 2.00 bits per heavy atom. The van der Waals surface area contributed by atoms with Crippen LogP contribution < -0.4 is 0 Å². The van der Waals surface area contributed by atoms with Crippen molar-refractivity contribution in [3.63, 3.8) is 0 Å². The van der Waals surface area contributed by atoms with Crippen LogP contribution in [0.1, 0.15) is 72.6 Å². The van der Waals surface area contributed by atoms with Gasteiger partial charge in [0, 0.05) is 0 Å². The van der Waals surface area contributed by atoms with Crippen LogP contribution in [0.2, 0.25) is 0 Å². The maximum atomic E-state index is 3.77. The Labute approximate surface area is 125 Å². The predicted molar refractivity (Wildman–Crippen MR) is 86.5 cm³/mol. The van der Waals surface area contributed by atoms with Gasteiger partial charge in [-0.1, -0.05) is 34.1 Å². The maximum absolute atomic E-state index is 3.77. The summed E-state index contributed by atoms with van der Waals surface area (Å²) in [5.41, 5.74) is 6.13. The lowest BCUT2D eigenvalue weighted by atomic mass is 9.73. The van der Waals surface area contributed by atoms with Gasteiger partial charge in [0.25, 0.3) is 0 Å². The molecule has 3 saturated carbocycles. The molecule has 0 spiro atoms. The summed E-state index contributed by atoms with van der Waals surface area (Å²) >= 11 is 0. The Morgan fingerprint density at radius 3 is 2.70 bits per heavy atom. The summed E-state index contributed by atoms with van der Waals surface area (Å²) < 4.78 is 0. The molecule has 0 saturated heterocycles. The minimum atomic E-state index is 0.722. The summed E-state index contributed by atoms with van der Waals surface area (Å²) in [6, 6.07) is 0. The summed E-state index contributed by atoms with van der Waals surface area (Å²) in [7, 11) is 0. The van der Waals surface area contributed by atoms with Crippen LogP contribution >= 0.6 is 0 Å². The number of hydrogen-bond acceptors (Lipinski definition) is 0. The molecule has 0 amide bonds. The van der Waals surface area contributed by atoms with E-state index in [1.54, 1.807) is 5.57 Å². The number of rotatable bonds is 3. The molecule has 6 atom stereocenters. The van der Waals surface area contributed by atoms with Crippen molar-refractivity contribution in [2.24, 2.45) is 35.0 Å². The van der Waals surface area contributed by atoms with Crippen LogP contribution in [0.4, 0.5) is 0 Å². The smallest absolute Gasteiger partial charge is 0.0127 e. The molecule has 0 radical (unpaired) electrons. The molecule has 0 aromatic heterocycles. The highest BCUT2D eigenvalue weighted by Crippen LogP contribution is 2.65. The molecule has 0 aromatic carbocycles. The summed E-state index contributed by atoms with van der Waals surface area (Å²) in [6.45, 7) is 9.67. The van der Waals surface area contributed by atoms with Gasteiger partial charge >= 0.3 is 0 Å². The molecule has 0 aromatic rings. The van der Waals surface area contributed by atoms with Gasteiger partial charge in [-0.2, -0.15) is 0 Å². The monoisotopic (exact) mass is 272 g/mol. The van der Waals surface area contributed by atoms with Crippen molar-refractivity contribution >= 4 is 0 Å². The van der Waals surface area contributed by atoms with Gasteiger partial charge in [-0.15, -0.1) is 5.73 Å². The van der Waals surface area contributed by atoms with Crippen LogP contribution in [-0.4, -0.2) is 0 Å². The van der Waals surface area contributed by atoms with Crippen molar-refractivity contribution in [3.05, 3.63) is 17.4 Å². The van der Waals surface area contributed by atoms with Crippen LogP contribution in [0.25, 0.3) is 0 Å². The summed E-state index contributed by atoms with van der Waals surface area (Å²) in [4.78, 5) is 0. The Morgan fingerprint density at radius 1 is 1.20 bits per heavy atom. The van der Waals surface area contributed by atoms with Gasteiger partial charge in [0.2, 0.25) is 0 Å². The van der Waals surface area contributed by atoms with Crippen molar-refractivity contribution in [2.75, 3.05) is 0 Å². The second-order valence-electron chi connectivity index (χ2n) is 8.23. The van der Waals surface area contributed by atoms with Gasteiger partial charge in [-0.05, 0) is 85.2 Å². The Kier molecular flexibility index (Phi) is 3.89. The third-order valence-electron chi connectivity index (χ3n) is 6.80. The number of fused-ring (bicyclic) bond motifs is 1. The highest BCUT2D eigenvalue weighted by molar-refractivity contribution is 5.15. The van der Waals surface area contributed by atoms with E-state index in [1.807, 2.05) is 0 Å². The highest BCUT2D eigenvalue weighted by atomic mass is 14.6. The second-order valence-corrected chi connectivity index (χ2v) is 8.23. The average molecular weight is 272 g/mol. The van der Waals surface area contributed by atoms with E-state index in [0.717, 1.165) is 35.0 Å². The van der Waals surface area contributed by atoms with E-state index in [9.17, 15) is 0 Å². The summed E-state index contributed by atoms with van der Waals surface area (Å²) in [5, 5.41) is 0. The van der Waals surface area contributed by atoms with E-state index < -0.39 is 0 Å². The molecule has 3 fully saturated rings. The molecule has 20 heavy (non-hydrogen) atoms. The normalized spacial score (nSPS) is 46.8. The lowest BCUT2D eigenvalue weighted by Crippen LogP contribution is -2.23. The van der Waals surface area contributed by atoms with Crippen LogP contribution in [0.5, 0.6) is 0 Å². The fourth-order valence-electron chi connectivity index (χ4n) is 5.26. The number of hydrogen-bond donors (Lipinski definition) is 0. The van der Waals surface area contributed by atoms with Gasteiger partial charge in [0.15, 0.2) is 0 Å². The zero-order chi connectivity index (χ0) is 14.3. The minimum Gasteiger partial charge on any atom is -0.125 e. The van der Waals surface area contributed by atoms with E-state index >= 15 is 0 Å². The van der Waals surface area contributed by atoms with Crippen molar-refractivity contribution in [1.29, 1.82) is 0 Å². The first-order valence-electron chi connectivity index (χ1n) is 9.02. The molecular weight excluding hydrogens is 240 g/mol. The predicted octanol–water partition coefficient (Wildman–Crippen LogP) is 5.99. The standard InChI is InChI=1S/C20H32/c1-5-16-9-14(3)10-17(16)8-7-15-11-18(6-2)20(4)13-19(20)12-15/h7,14-16,18-19H,5-6,9-13H2,1-4H3. The van der Waals surface area contributed by atoms with Crippen molar-refractivity contribution in [3.8, 4) is 0 Å². The van der Waals surface area contributed by atoms with E-state index in [4.69, 9.17) is 0 Å². The molecule has 0 bridgehead atoms. The Balaban J connectivity index is 1.70. The number of allylic oxidation sites excluding steroid dienone is 1. The minimum absolute atomic E-state index is 0.722. The fraction of sp³-hybridized carbons (Fsp3) is 0.850. The van der Waals surface area contributed by atoms with Crippen LogP contribution in [0.3, 0.4) is 0 Å². The van der Waals surface area contributed by atoms with Gasteiger partial charge in [-0.25, -0.2) is 0 Å². The first-order valence-corrected chi connectivity index (χ1v) is 9.02. The van der Waals surface area contributed by atoms with Gasteiger partial charge < -0.3 is 0 Å². The molecule has 0 nitrogen and oxygen atoms in total.